The number of thiazole rings is 1. The lowest BCUT2D eigenvalue weighted by Crippen LogP contribution is -2.36. The average molecular weight is 318 g/mol. The van der Waals surface area contributed by atoms with Crippen molar-refractivity contribution in [3.8, 4) is 0 Å². The summed E-state index contributed by atoms with van der Waals surface area (Å²) in [6.45, 7) is 4.43. The zero-order valence-electron chi connectivity index (χ0n) is 12.9. The van der Waals surface area contributed by atoms with Crippen LogP contribution in [0.2, 0.25) is 0 Å². The van der Waals surface area contributed by atoms with Crippen LogP contribution in [0.3, 0.4) is 0 Å². The van der Waals surface area contributed by atoms with Crippen LogP contribution in [0.25, 0.3) is 10.2 Å². The Hall–Kier alpha value is -1.66. The van der Waals surface area contributed by atoms with Crippen LogP contribution in [0.5, 0.6) is 0 Å². The Labute approximate surface area is 134 Å². The summed E-state index contributed by atoms with van der Waals surface area (Å²) < 4.78 is 1.01. The Bertz CT molecular complexity index is 663. The summed E-state index contributed by atoms with van der Waals surface area (Å²) in [5.41, 5.74) is 6.65. The molecule has 2 heterocycles. The molecule has 0 atom stereocenters. The number of hydrogen-bond donors (Lipinski definition) is 1. The van der Waals surface area contributed by atoms with E-state index >= 15 is 0 Å². The van der Waals surface area contributed by atoms with E-state index < -0.39 is 5.91 Å². The predicted molar refractivity (Wildman–Crippen MR) is 91.7 cm³/mol. The molecule has 6 heteroatoms. The van der Waals surface area contributed by atoms with E-state index in [9.17, 15) is 4.79 Å². The molecule has 0 saturated carbocycles. The van der Waals surface area contributed by atoms with Gasteiger partial charge in [-0.05, 0) is 38.1 Å². The first-order valence-corrected chi connectivity index (χ1v) is 8.59. The van der Waals surface area contributed by atoms with Crippen LogP contribution in [0.1, 0.15) is 29.6 Å². The van der Waals surface area contributed by atoms with Crippen LogP contribution in [-0.2, 0) is 0 Å². The molecule has 118 valence electrons. The second kappa shape index (κ2) is 6.62. The standard InChI is InChI=1S/C16H22N4OS/c1-19(10-11-20-8-3-2-4-9-20)16-18-14-12(15(17)21)6-5-7-13(14)22-16/h5-7H,2-4,8-11H2,1H3,(H2,17,21). The fourth-order valence-electron chi connectivity index (χ4n) is 2.87. The van der Waals surface area contributed by atoms with Crippen molar-refractivity contribution in [3.63, 3.8) is 0 Å². The zero-order chi connectivity index (χ0) is 15.5. The highest BCUT2D eigenvalue weighted by molar-refractivity contribution is 7.22. The lowest BCUT2D eigenvalue weighted by Gasteiger charge is -2.28. The molecule has 1 aliphatic heterocycles. The van der Waals surface area contributed by atoms with Crippen LogP contribution in [0, 0.1) is 0 Å². The van der Waals surface area contributed by atoms with Gasteiger partial charge in [0.1, 0.15) is 0 Å². The van der Waals surface area contributed by atoms with Crippen LogP contribution < -0.4 is 10.6 Å². The summed E-state index contributed by atoms with van der Waals surface area (Å²) in [7, 11) is 2.06. The number of carbonyl (C=O) groups is 1. The normalized spacial score (nSPS) is 16.0. The van der Waals surface area contributed by atoms with Crippen molar-refractivity contribution in [3.05, 3.63) is 23.8 Å². The van der Waals surface area contributed by atoms with Gasteiger partial charge in [-0.1, -0.05) is 23.8 Å². The average Bonchev–Trinajstić information content (AvgIpc) is 2.97. The molecular formula is C16H22N4OS. The molecule has 1 aliphatic rings. The summed E-state index contributed by atoms with van der Waals surface area (Å²) in [5, 5.41) is 0.945. The maximum absolute atomic E-state index is 11.5. The Morgan fingerprint density at radius 1 is 1.36 bits per heavy atom. The number of primary amides is 1. The minimum Gasteiger partial charge on any atom is -0.366 e. The number of benzene rings is 1. The molecule has 1 aromatic carbocycles. The van der Waals surface area contributed by atoms with Gasteiger partial charge in [0, 0.05) is 20.1 Å². The number of likely N-dealkylation sites (tertiary alicyclic amines) is 1. The molecule has 0 bridgehead atoms. The van der Waals surface area contributed by atoms with Gasteiger partial charge >= 0.3 is 0 Å². The quantitative estimate of drug-likeness (QED) is 0.919. The minimum atomic E-state index is -0.418. The molecule has 22 heavy (non-hydrogen) atoms. The first kappa shape index (κ1) is 15.2. The second-order valence-corrected chi connectivity index (χ2v) is 6.85. The Kier molecular flexibility index (Phi) is 4.59. The smallest absolute Gasteiger partial charge is 0.250 e. The van der Waals surface area contributed by atoms with Crippen molar-refractivity contribution in [2.75, 3.05) is 38.1 Å². The SMILES string of the molecule is CN(CCN1CCCCC1)c1nc2c(C(N)=O)cccc2s1. The van der Waals surface area contributed by atoms with Gasteiger partial charge in [-0.25, -0.2) is 4.98 Å². The molecule has 0 unspecified atom stereocenters. The number of hydrogen-bond acceptors (Lipinski definition) is 5. The monoisotopic (exact) mass is 318 g/mol. The summed E-state index contributed by atoms with van der Waals surface area (Å²) in [5.74, 6) is -0.418. The van der Waals surface area contributed by atoms with Crippen LogP contribution in [0.4, 0.5) is 5.13 Å². The zero-order valence-corrected chi connectivity index (χ0v) is 13.7. The number of anilines is 1. The molecule has 1 fully saturated rings. The maximum Gasteiger partial charge on any atom is 0.250 e. The van der Waals surface area contributed by atoms with Crippen LogP contribution in [-0.4, -0.2) is 49.0 Å². The van der Waals surface area contributed by atoms with Gasteiger partial charge in [0.05, 0.1) is 15.8 Å². The number of aromatic nitrogens is 1. The topological polar surface area (TPSA) is 62.5 Å². The molecule has 2 aromatic rings. The van der Waals surface area contributed by atoms with E-state index in [2.05, 4.69) is 21.8 Å². The predicted octanol–water partition coefficient (Wildman–Crippen LogP) is 2.32. The van der Waals surface area contributed by atoms with Gasteiger partial charge in [-0.2, -0.15) is 0 Å². The summed E-state index contributed by atoms with van der Waals surface area (Å²) in [6.07, 6.45) is 3.99. The van der Waals surface area contributed by atoms with Crippen molar-refractivity contribution >= 4 is 32.6 Å². The van der Waals surface area contributed by atoms with Crippen molar-refractivity contribution in [2.45, 2.75) is 19.3 Å². The molecule has 3 rings (SSSR count). The highest BCUT2D eigenvalue weighted by atomic mass is 32.1. The molecule has 1 amide bonds. The number of fused-ring (bicyclic) bond motifs is 1. The van der Waals surface area contributed by atoms with Crippen molar-refractivity contribution in [2.24, 2.45) is 5.73 Å². The number of nitrogens with two attached hydrogens (primary N) is 1. The third-order valence-corrected chi connectivity index (χ3v) is 5.33. The first-order valence-electron chi connectivity index (χ1n) is 7.78. The number of carbonyl (C=O) groups excluding carboxylic acids is 1. The molecule has 1 aromatic heterocycles. The minimum absolute atomic E-state index is 0.418. The lowest BCUT2D eigenvalue weighted by atomic mass is 10.1. The Balaban J connectivity index is 1.72. The van der Waals surface area contributed by atoms with Crippen molar-refractivity contribution in [1.82, 2.24) is 9.88 Å². The molecule has 0 spiro atoms. The number of rotatable bonds is 5. The summed E-state index contributed by atoms with van der Waals surface area (Å²) in [4.78, 5) is 20.8. The number of amides is 1. The van der Waals surface area contributed by atoms with Gasteiger partial charge in [-0.15, -0.1) is 0 Å². The number of nitrogens with zero attached hydrogens (tertiary/aromatic N) is 3. The summed E-state index contributed by atoms with van der Waals surface area (Å²) >= 11 is 1.61. The lowest BCUT2D eigenvalue weighted by molar-refractivity contribution is 0.100. The van der Waals surface area contributed by atoms with E-state index in [1.54, 1.807) is 17.4 Å². The molecule has 0 aliphatic carbocycles. The van der Waals surface area contributed by atoms with E-state index in [0.29, 0.717) is 5.56 Å². The second-order valence-electron chi connectivity index (χ2n) is 5.84. The highest BCUT2D eigenvalue weighted by Crippen LogP contribution is 2.30. The molecular weight excluding hydrogens is 296 g/mol. The molecule has 1 saturated heterocycles. The van der Waals surface area contributed by atoms with Crippen LogP contribution in [0.15, 0.2) is 18.2 Å². The van der Waals surface area contributed by atoms with E-state index in [1.165, 1.54) is 32.4 Å². The molecule has 2 N–H and O–H groups in total. The molecule has 5 nitrogen and oxygen atoms in total. The van der Waals surface area contributed by atoms with Crippen molar-refractivity contribution < 1.29 is 4.79 Å². The maximum atomic E-state index is 11.5. The van der Waals surface area contributed by atoms with Gasteiger partial charge in [-0.3, -0.25) is 4.79 Å². The van der Waals surface area contributed by atoms with E-state index in [0.717, 1.165) is 28.4 Å². The number of piperidine rings is 1. The third-order valence-electron chi connectivity index (χ3n) is 4.20. The highest BCUT2D eigenvalue weighted by Gasteiger charge is 2.15. The van der Waals surface area contributed by atoms with E-state index in [4.69, 9.17) is 5.73 Å². The Morgan fingerprint density at radius 2 is 2.14 bits per heavy atom. The first-order chi connectivity index (χ1) is 10.6. The van der Waals surface area contributed by atoms with Gasteiger partial charge < -0.3 is 15.5 Å². The van der Waals surface area contributed by atoms with Crippen LogP contribution >= 0.6 is 11.3 Å². The third kappa shape index (κ3) is 3.23. The van der Waals surface area contributed by atoms with E-state index in [-0.39, 0.29) is 0 Å². The fourth-order valence-corrected chi connectivity index (χ4v) is 3.85. The Morgan fingerprint density at radius 3 is 2.86 bits per heavy atom. The number of likely N-dealkylation sites (N-methyl/N-ethyl adjacent to an activating group) is 1. The fraction of sp³-hybridized carbons (Fsp3) is 0.500. The van der Waals surface area contributed by atoms with E-state index in [1.807, 2.05) is 12.1 Å². The summed E-state index contributed by atoms with van der Waals surface area (Å²) in [6, 6.07) is 5.58. The van der Waals surface area contributed by atoms with Gasteiger partial charge in [0.2, 0.25) is 0 Å². The van der Waals surface area contributed by atoms with Gasteiger partial charge in [0.15, 0.2) is 5.13 Å². The number of para-hydroxylation sites is 1. The largest absolute Gasteiger partial charge is 0.366 e. The van der Waals surface area contributed by atoms with Crippen molar-refractivity contribution in [1.29, 1.82) is 0 Å². The molecule has 0 radical (unpaired) electrons. The van der Waals surface area contributed by atoms with Gasteiger partial charge in [0.25, 0.3) is 5.91 Å².